The number of thioether (sulfide) groups is 1. The third kappa shape index (κ3) is 6.33. The zero-order chi connectivity index (χ0) is 19.9. The first-order chi connectivity index (χ1) is 12.8. The van der Waals surface area contributed by atoms with E-state index in [4.69, 9.17) is 4.74 Å². The fourth-order valence-corrected chi connectivity index (χ4v) is 3.62. The van der Waals surface area contributed by atoms with E-state index in [0.29, 0.717) is 23.7 Å². The number of carbonyl (C=O) groups excluding carboxylic acids is 1. The van der Waals surface area contributed by atoms with Crippen LogP contribution in [0.4, 0.5) is 11.4 Å². The van der Waals surface area contributed by atoms with E-state index in [0.717, 1.165) is 15.5 Å². The second kappa shape index (κ2) is 9.48. The Bertz CT molecular complexity index is 913. The summed E-state index contributed by atoms with van der Waals surface area (Å²) in [6.45, 7) is 3.61. The van der Waals surface area contributed by atoms with Gasteiger partial charge >= 0.3 is 0 Å². The van der Waals surface area contributed by atoms with E-state index in [-0.39, 0.29) is 6.54 Å². The van der Waals surface area contributed by atoms with E-state index in [2.05, 4.69) is 11.9 Å². The predicted molar refractivity (Wildman–Crippen MR) is 111 cm³/mol. The molecule has 6 nitrogen and oxygen atoms in total. The normalized spacial score (nSPS) is 10.9. The second-order valence-electron chi connectivity index (χ2n) is 5.65. The van der Waals surface area contributed by atoms with E-state index in [1.807, 2.05) is 12.3 Å². The number of sulfonamides is 1. The van der Waals surface area contributed by atoms with E-state index in [1.54, 1.807) is 48.5 Å². The summed E-state index contributed by atoms with van der Waals surface area (Å²) in [6, 6.07) is 13.9. The summed E-state index contributed by atoms with van der Waals surface area (Å²) in [5.41, 5.74) is 0.968. The van der Waals surface area contributed by atoms with Crippen LogP contribution < -0.4 is 14.4 Å². The van der Waals surface area contributed by atoms with Crippen LogP contribution in [0, 0.1) is 0 Å². The Kier molecular flexibility index (Phi) is 7.32. The number of carbonyl (C=O) groups is 1. The SMILES string of the molecule is C=CCOc1cccc(NC(=O)CN(c2cccc(SC)c2)S(C)(=O)=O)c1. The number of nitrogens with one attached hydrogen (secondary N) is 1. The molecule has 0 unspecified atom stereocenters. The average Bonchev–Trinajstić information content (AvgIpc) is 2.64. The zero-order valence-electron chi connectivity index (χ0n) is 15.2. The number of benzene rings is 2. The quantitative estimate of drug-likeness (QED) is 0.510. The molecule has 0 saturated heterocycles. The molecule has 144 valence electrons. The molecule has 0 spiro atoms. The summed E-state index contributed by atoms with van der Waals surface area (Å²) in [4.78, 5) is 13.4. The lowest BCUT2D eigenvalue weighted by Crippen LogP contribution is -2.37. The zero-order valence-corrected chi connectivity index (χ0v) is 16.8. The molecule has 1 N–H and O–H groups in total. The first-order valence-corrected chi connectivity index (χ1v) is 11.2. The van der Waals surface area contributed by atoms with Gasteiger partial charge in [-0.1, -0.05) is 24.8 Å². The number of nitrogens with zero attached hydrogens (tertiary/aromatic N) is 1. The molecule has 0 atom stereocenters. The van der Waals surface area contributed by atoms with Crippen LogP contribution in [0.5, 0.6) is 5.75 Å². The lowest BCUT2D eigenvalue weighted by atomic mass is 10.3. The van der Waals surface area contributed by atoms with Gasteiger partial charge in [0.2, 0.25) is 15.9 Å². The van der Waals surface area contributed by atoms with Crippen molar-refractivity contribution in [3.63, 3.8) is 0 Å². The molecular formula is C19H22N2O4S2. The Balaban J connectivity index is 2.16. The van der Waals surface area contributed by atoms with E-state index < -0.39 is 15.9 Å². The van der Waals surface area contributed by atoms with Gasteiger partial charge in [0.05, 0.1) is 11.9 Å². The number of ether oxygens (including phenoxy) is 1. The van der Waals surface area contributed by atoms with Crippen molar-refractivity contribution in [2.45, 2.75) is 4.90 Å². The molecule has 0 bridgehead atoms. The summed E-state index contributed by atoms with van der Waals surface area (Å²) >= 11 is 1.50. The topological polar surface area (TPSA) is 75.7 Å². The van der Waals surface area contributed by atoms with Crippen LogP contribution in [0.15, 0.2) is 66.1 Å². The molecule has 0 aliphatic heterocycles. The molecule has 8 heteroatoms. The molecule has 2 aromatic rings. The number of amides is 1. The van der Waals surface area contributed by atoms with Gasteiger partial charge in [0.15, 0.2) is 0 Å². The Morgan fingerprint density at radius 1 is 1.26 bits per heavy atom. The maximum atomic E-state index is 12.4. The van der Waals surface area contributed by atoms with Gasteiger partial charge in [0.1, 0.15) is 18.9 Å². The summed E-state index contributed by atoms with van der Waals surface area (Å²) in [5.74, 6) is 0.135. The molecule has 0 aliphatic rings. The molecule has 1 amide bonds. The van der Waals surface area contributed by atoms with Crippen molar-refractivity contribution < 1.29 is 17.9 Å². The fourth-order valence-electron chi connectivity index (χ4n) is 2.32. The molecule has 0 heterocycles. The highest BCUT2D eigenvalue weighted by atomic mass is 32.2. The van der Waals surface area contributed by atoms with Crippen LogP contribution in [0.25, 0.3) is 0 Å². The highest BCUT2D eigenvalue weighted by Crippen LogP contribution is 2.24. The van der Waals surface area contributed by atoms with E-state index in [9.17, 15) is 13.2 Å². The van der Waals surface area contributed by atoms with Gasteiger partial charge in [-0.25, -0.2) is 8.42 Å². The van der Waals surface area contributed by atoms with Crippen LogP contribution in [-0.4, -0.2) is 40.0 Å². The number of anilines is 2. The van der Waals surface area contributed by atoms with Crippen molar-refractivity contribution in [1.82, 2.24) is 0 Å². The maximum absolute atomic E-state index is 12.4. The highest BCUT2D eigenvalue weighted by Gasteiger charge is 2.21. The standard InChI is InChI=1S/C19H22N2O4S2/c1-4-11-25-17-9-5-7-15(12-17)20-19(22)14-21(27(3,23)24)16-8-6-10-18(13-16)26-2/h4-10,12-13H,1,11,14H2,2-3H3,(H,20,22). The summed E-state index contributed by atoms with van der Waals surface area (Å²) < 4.78 is 30.9. The minimum atomic E-state index is -3.62. The van der Waals surface area contributed by atoms with Gasteiger partial charge in [0, 0.05) is 16.6 Å². The maximum Gasteiger partial charge on any atom is 0.245 e. The fraction of sp³-hybridized carbons (Fsp3) is 0.211. The van der Waals surface area contributed by atoms with Crippen molar-refractivity contribution in [3.05, 3.63) is 61.2 Å². The molecule has 0 aliphatic carbocycles. The molecule has 2 rings (SSSR count). The molecule has 2 aromatic carbocycles. The predicted octanol–water partition coefficient (Wildman–Crippen LogP) is 3.38. The Hall–Kier alpha value is -2.45. The third-order valence-corrected chi connectivity index (χ3v) is 5.38. The Morgan fingerprint density at radius 3 is 2.67 bits per heavy atom. The minimum Gasteiger partial charge on any atom is -0.489 e. The number of hydrogen-bond donors (Lipinski definition) is 1. The third-order valence-electron chi connectivity index (χ3n) is 3.51. The lowest BCUT2D eigenvalue weighted by Gasteiger charge is -2.22. The first-order valence-electron chi connectivity index (χ1n) is 8.09. The minimum absolute atomic E-state index is 0.325. The van der Waals surface area contributed by atoms with Crippen LogP contribution >= 0.6 is 11.8 Å². The number of rotatable bonds is 9. The van der Waals surface area contributed by atoms with Gasteiger partial charge in [-0.05, 0) is 36.6 Å². The smallest absolute Gasteiger partial charge is 0.245 e. The molecular weight excluding hydrogens is 384 g/mol. The summed E-state index contributed by atoms with van der Waals surface area (Å²) in [5, 5.41) is 2.70. The van der Waals surface area contributed by atoms with Crippen molar-refractivity contribution in [1.29, 1.82) is 0 Å². The summed E-state index contributed by atoms with van der Waals surface area (Å²) in [7, 11) is -3.62. The van der Waals surface area contributed by atoms with E-state index in [1.165, 1.54) is 11.8 Å². The van der Waals surface area contributed by atoms with Gasteiger partial charge in [-0.3, -0.25) is 9.10 Å². The van der Waals surface area contributed by atoms with Crippen molar-refractivity contribution in [2.24, 2.45) is 0 Å². The van der Waals surface area contributed by atoms with Crippen LogP contribution in [0.2, 0.25) is 0 Å². The monoisotopic (exact) mass is 406 g/mol. The lowest BCUT2D eigenvalue weighted by molar-refractivity contribution is -0.114. The van der Waals surface area contributed by atoms with Gasteiger partial charge in [-0.15, -0.1) is 11.8 Å². The first kappa shape index (κ1) is 20.9. The summed E-state index contributed by atoms with van der Waals surface area (Å²) in [6.07, 6.45) is 4.60. The molecule has 27 heavy (non-hydrogen) atoms. The molecule has 0 fully saturated rings. The Labute approximate surface area is 164 Å². The van der Waals surface area contributed by atoms with Gasteiger partial charge in [-0.2, -0.15) is 0 Å². The average molecular weight is 407 g/mol. The van der Waals surface area contributed by atoms with Crippen molar-refractivity contribution in [2.75, 3.05) is 35.3 Å². The number of hydrogen-bond acceptors (Lipinski definition) is 5. The van der Waals surface area contributed by atoms with Crippen LogP contribution in [-0.2, 0) is 14.8 Å². The van der Waals surface area contributed by atoms with Crippen molar-refractivity contribution in [3.8, 4) is 5.75 Å². The largest absolute Gasteiger partial charge is 0.489 e. The molecule has 0 aromatic heterocycles. The van der Waals surface area contributed by atoms with Crippen molar-refractivity contribution >= 4 is 39.1 Å². The molecule has 0 radical (unpaired) electrons. The van der Waals surface area contributed by atoms with E-state index >= 15 is 0 Å². The molecule has 0 saturated carbocycles. The van der Waals surface area contributed by atoms with Gasteiger partial charge in [0.25, 0.3) is 0 Å². The van der Waals surface area contributed by atoms with Gasteiger partial charge < -0.3 is 10.1 Å². The second-order valence-corrected chi connectivity index (χ2v) is 8.43. The Morgan fingerprint density at radius 2 is 2.00 bits per heavy atom. The van der Waals surface area contributed by atoms with Crippen LogP contribution in [0.3, 0.4) is 0 Å². The highest BCUT2D eigenvalue weighted by molar-refractivity contribution is 7.98. The van der Waals surface area contributed by atoms with Crippen LogP contribution in [0.1, 0.15) is 0 Å².